The molecule has 2 unspecified atom stereocenters. The Morgan fingerprint density at radius 1 is 1.33 bits per heavy atom. The number of hydrogen-bond acceptors (Lipinski definition) is 4. The van der Waals surface area contributed by atoms with E-state index >= 15 is 0 Å². The van der Waals surface area contributed by atoms with E-state index in [1.807, 2.05) is 28.8 Å². The predicted molar refractivity (Wildman–Crippen MR) is 84.6 cm³/mol. The normalized spacial score (nSPS) is 20.6. The third-order valence-corrected chi connectivity index (χ3v) is 3.65. The fourth-order valence-electron chi connectivity index (χ4n) is 2.58. The lowest BCUT2D eigenvalue weighted by molar-refractivity contribution is -0.125. The summed E-state index contributed by atoms with van der Waals surface area (Å²) in [6, 6.07) is 5.88. The summed E-state index contributed by atoms with van der Waals surface area (Å²) in [5.74, 6) is 0.862. The molecule has 2 atom stereocenters. The molecule has 1 amide bonds. The molecular formula is C13H19Cl2N5O. The van der Waals surface area contributed by atoms with Crippen molar-refractivity contribution in [1.82, 2.24) is 19.9 Å². The number of nitrogens with one attached hydrogen (secondary N) is 1. The number of halogens is 2. The van der Waals surface area contributed by atoms with Crippen LogP contribution in [0.25, 0.3) is 5.65 Å². The van der Waals surface area contributed by atoms with Gasteiger partial charge in [-0.05, 0) is 31.4 Å². The standard InChI is InChI=1S/C13H17N5O.2ClH/c14-10-5-4-9(7-10)13(19)15-8-12-17-16-11-3-1-2-6-18(11)12;;/h1-3,6,9-10H,4-5,7-8,14H2,(H,15,19);2*1H. The minimum absolute atomic E-state index is 0. The number of amides is 1. The summed E-state index contributed by atoms with van der Waals surface area (Å²) >= 11 is 0. The second kappa shape index (κ2) is 7.59. The minimum atomic E-state index is 0. The number of nitrogens with zero attached hydrogens (tertiary/aromatic N) is 3. The zero-order chi connectivity index (χ0) is 13.2. The molecule has 6 nitrogen and oxygen atoms in total. The van der Waals surface area contributed by atoms with Crippen molar-refractivity contribution in [3.05, 3.63) is 30.2 Å². The highest BCUT2D eigenvalue weighted by Gasteiger charge is 2.27. The predicted octanol–water partition coefficient (Wildman–Crippen LogP) is 1.32. The van der Waals surface area contributed by atoms with E-state index in [9.17, 15) is 4.79 Å². The molecule has 1 aliphatic rings. The Morgan fingerprint density at radius 2 is 2.14 bits per heavy atom. The van der Waals surface area contributed by atoms with Crippen molar-refractivity contribution in [3.8, 4) is 0 Å². The van der Waals surface area contributed by atoms with Crippen LogP contribution in [0.5, 0.6) is 0 Å². The highest BCUT2D eigenvalue weighted by atomic mass is 35.5. The SMILES string of the molecule is Cl.Cl.NC1CCC(C(=O)NCc2nnc3ccccn23)C1. The Labute approximate surface area is 135 Å². The van der Waals surface area contributed by atoms with Gasteiger partial charge >= 0.3 is 0 Å². The largest absolute Gasteiger partial charge is 0.349 e. The molecule has 3 rings (SSSR count). The maximum atomic E-state index is 12.0. The van der Waals surface area contributed by atoms with E-state index in [0.29, 0.717) is 6.54 Å². The topological polar surface area (TPSA) is 85.3 Å². The van der Waals surface area contributed by atoms with E-state index < -0.39 is 0 Å². The van der Waals surface area contributed by atoms with Crippen LogP contribution in [-0.2, 0) is 11.3 Å². The molecule has 0 saturated heterocycles. The van der Waals surface area contributed by atoms with Crippen molar-refractivity contribution < 1.29 is 4.79 Å². The molecule has 116 valence electrons. The van der Waals surface area contributed by atoms with E-state index in [1.165, 1.54) is 0 Å². The van der Waals surface area contributed by atoms with Gasteiger partial charge in [0.1, 0.15) is 0 Å². The summed E-state index contributed by atoms with van der Waals surface area (Å²) in [4.78, 5) is 12.0. The van der Waals surface area contributed by atoms with Gasteiger partial charge in [-0.1, -0.05) is 6.07 Å². The molecule has 2 heterocycles. The van der Waals surface area contributed by atoms with E-state index in [0.717, 1.165) is 30.7 Å². The second-order valence-corrected chi connectivity index (χ2v) is 5.03. The van der Waals surface area contributed by atoms with Crippen molar-refractivity contribution in [2.24, 2.45) is 11.7 Å². The van der Waals surface area contributed by atoms with Crippen LogP contribution in [0, 0.1) is 5.92 Å². The third-order valence-electron chi connectivity index (χ3n) is 3.65. The Morgan fingerprint density at radius 3 is 2.86 bits per heavy atom. The lowest BCUT2D eigenvalue weighted by Crippen LogP contribution is -2.30. The van der Waals surface area contributed by atoms with Crippen LogP contribution < -0.4 is 11.1 Å². The zero-order valence-corrected chi connectivity index (χ0v) is 13.1. The highest BCUT2D eigenvalue weighted by molar-refractivity contribution is 5.85. The average molecular weight is 332 g/mol. The van der Waals surface area contributed by atoms with Gasteiger partial charge in [0.25, 0.3) is 0 Å². The summed E-state index contributed by atoms with van der Waals surface area (Å²) in [7, 11) is 0. The van der Waals surface area contributed by atoms with Crippen molar-refractivity contribution in [2.75, 3.05) is 0 Å². The van der Waals surface area contributed by atoms with Gasteiger partial charge in [0.15, 0.2) is 11.5 Å². The molecule has 21 heavy (non-hydrogen) atoms. The first-order chi connectivity index (χ1) is 9.24. The lowest BCUT2D eigenvalue weighted by Gasteiger charge is -2.09. The quantitative estimate of drug-likeness (QED) is 0.888. The van der Waals surface area contributed by atoms with Crippen LogP contribution in [0.2, 0.25) is 0 Å². The van der Waals surface area contributed by atoms with Gasteiger partial charge in [0.05, 0.1) is 6.54 Å². The molecule has 2 aromatic heterocycles. The molecule has 0 spiro atoms. The van der Waals surface area contributed by atoms with Gasteiger partial charge in [0, 0.05) is 18.2 Å². The number of carbonyl (C=O) groups is 1. The van der Waals surface area contributed by atoms with Gasteiger partial charge in [-0.15, -0.1) is 35.0 Å². The number of hydrogen-bond donors (Lipinski definition) is 2. The summed E-state index contributed by atoms with van der Waals surface area (Å²) in [6.45, 7) is 0.399. The number of aromatic nitrogens is 3. The van der Waals surface area contributed by atoms with Crippen LogP contribution in [0.15, 0.2) is 24.4 Å². The molecule has 2 aromatic rings. The highest BCUT2D eigenvalue weighted by Crippen LogP contribution is 2.24. The first-order valence-corrected chi connectivity index (χ1v) is 6.56. The average Bonchev–Trinajstić information content (AvgIpc) is 3.02. The van der Waals surface area contributed by atoms with Crippen LogP contribution in [-0.4, -0.2) is 26.5 Å². The van der Waals surface area contributed by atoms with Gasteiger partial charge in [-0.25, -0.2) is 0 Å². The molecule has 0 aromatic carbocycles. The first kappa shape index (κ1) is 17.7. The van der Waals surface area contributed by atoms with E-state index in [-0.39, 0.29) is 42.7 Å². The van der Waals surface area contributed by atoms with Gasteiger partial charge in [0.2, 0.25) is 5.91 Å². The van der Waals surface area contributed by atoms with Crippen LogP contribution >= 0.6 is 24.8 Å². The minimum Gasteiger partial charge on any atom is -0.349 e. The number of fused-ring (bicyclic) bond motifs is 1. The maximum absolute atomic E-state index is 12.0. The Bertz CT molecular complexity index is 603. The van der Waals surface area contributed by atoms with Crippen molar-refractivity contribution in [2.45, 2.75) is 31.8 Å². The number of nitrogens with two attached hydrogens (primary N) is 1. The molecule has 1 aliphatic carbocycles. The number of pyridine rings is 1. The second-order valence-electron chi connectivity index (χ2n) is 5.03. The Balaban J connectivity index is 0.00000110. The lowest BCUT2D eigenvalue weighted by atomic mass is 10.1. The molecule has 0 bridgehead atoms. The zero-order valence-electron chi connectivity index (χ0n) is 11.4. The van der Waals surface area contributed by atoms with E-state index in [1.54, 1.807) is 0 Å². The smallest absolute Gasteiger partial charge is 0.223 e. The van der Waals surface area contributed by atoms with Crippen LogP contribution in [0.1, 0.15) is 25.1 Å². The van der Waals surface area contributed by atoms with E-state index in [2.05, 4.69) is 15.5 Å². The monoisotopic (exact) mass is 331 g/mol. The molecule has 1 saturated carbocycles. The molecule has 8 heteroatoms. The summed E-state index contributed by atoms with van der Waals surface area (Å²) in [5, 5.41) is 11.1. The summed E-state index contributed by atoms with van der Waals surface area (Å²) in [6.07, 6.45) is 4.49. The molecule has 0 aliphatic heterocycles. The van der Waals surface area contributed by atoms with Crippen molar-refractivity contribution >= 4 is 36.4 Å². The summed E-state index contributed by atoms with van der Waals surface area (Å²) < 4.78 is 1.88. The Hall–Kier alpha value is -1.37. The first-order valence-electron chi connectivity index (χ1n) is 6.56. The fraction of sp³-hybridized carbons (Fsp3) is 0.462. The summed E-state index contributed by atoms with van der Waals surface area (Å²) in [5.41, 5.74) is 6.61. The van der Waals surface area contributed by atoms with Crippen LogP contribution in [0.4, 0.5) is 0 Å². The van der Waals surface area contributed by atoms with Gasteiger partial charge < -0.3 is 11.1 Å². The maximum Gasteiger partial charge on any atom is 0.223 e. The third kappa shape index (κ3) is 3.84. The molecule has 0 radical (unpaired) electrons. The van der Waals surface area contributed by atoms with Gasteiger partial charge in [-0.3, -0.25) is 9.20 Å². The number of carbonyl (C=O) groups excluding carboxylic acids is 1. The molecule has 1 fully saturated rings. The van der Waals surface area contributed by atoms with Gasteiger partial charge in [-0.2, -0.15) is 0 Å². The van der Waals surface area contributed by atoms with Crippen molar-refractivity contribution in [3.63, 3.8) is 0 Å². The van der Waals surface area contributed by atoms with Crippen LogP contribution in [0.3, 0.4) is 0 Å². The van der Waals surface area contributed by atoms with Crippen molar-refractivity contribution in [1.29, 1.82) is 0 Å². The number of rotatable bonds is 3. The fourth-order valence-corrected chi connectivity index (χ4v) is 2.58. The van der Waals surface area contributed by atoms with E-state index in [4.69, 9.17) is 5.73 Å². The molecular weight excluding hydrogens is 313 g/mol. The molecule has 3 N–H and O–H groups in total. The Kier molecular flexibility index (Phi) is 6.39.